The first-order chi connectivity index (χ1) is 9.28. The van der Waals surface area contributed by atoms with Crippen molar-refractivity contribution in [3.8, 4) is 0 Å². The summed E-state index contributed by atoms with van der Waals surface area (Å²) in [5, 5.41) is 3.56. The van der Waals surface area contributed by atoms with E-state index >= 15 is 0 Å². The average Bonchev–Trinajstić information content (AvgIpc) is 2.85. The Morgan fingerprint density at radius 2 is 2.05 bits per heavy atom. The van der Waals surface area contributed by atoms with Gasteiger partial charge >= 0.3 is 0 Å². The Hall–Kier alpha value is -0.800. The lowest BCUT2D eigenvalue weighted by atomic mass is 9.99. The van der Waals surface area contributed by atoms with Crippen LogP contribution in [0.3, 0.4) is 0 Å². The molecular weight excluding hydrogens is 234 g/mol. The third-order valence-corrected chi connectivity index (χ3v) is 4.10. The van der Waals surface area contributed by atoms with Crippen molar-refractivity contribution in [1.29, 1.82) is 0 Å². The second kappa shape index (κ2) is 7.71. The van der Waals surface area contributed by atoms with E-state index in [0.717, 1.165) is 25.6 Å². The number of nitrogens with zero attached hydrogens (tertiary/aromatic N) is 2. The molecule has 2 rings (SSSR count). The van der Waals surface area contributed by atoms with Crippen molar-refractivity contribution < 1.29 is 0 Å². The highest BCUT2D eigenvalue weighted by Gasteiger charge is 2.14. The third kappa shape index (κ3) is 5.00. The van der Waals surface area contributed by atoms with Crippen LogP contribution in [0.5, 0.6) is 0 Å². The molecule has 1 aliphatic heterocycles. The molecule has 1 aromatic heterocycles. The number of likely N-dealkylation sites (tertiary alicyclic amines) is 1. The van der Waals surface area contributed by atoms with E-state index in [9.17, 15) is 0 Å². The molecule has 1 saturated heterocycles. The van der Waals surface area contributed by atoms with E-state index in [0.29, 0.717) is 0 Å². The van der Waals surface area contributed by atoms with Crippen LogP contribution in [0.1, 0.15) is 38.7 Å². The Labute approximate surface area is 118 Å². The zero-order valence-corrected chi connectivity index (χ0v) is 12.6. The molecule has 19 heavy (non-hydrogen) atoms. The van der Waals surface area contributed by atoms with E-state index in [1.165, 1.54) is 44.5 Å². The van der Waals surface area contributed by atoms with Gasteiger partial charge in [0.1, 0.15) is 0 Å². The molecule has 0 aromatic carbocycles. The van der Waals surface area contributed by atoms with Crippen molar-refractivity contribution >= 4 is 0 Å². The minimum Gasteiger partial charge on any atom is -0.354 e. The highest BCUT2D eigenvalue weighted by molar-refractivity contribution is 5.09. The smallest absolute Gasteiger partial charge is 0.0221 e. The molecule has 1 N–H and O–H groups in total. The van der Waals surface area contributed by atoms with Crippen LogP contribution < -0.4 is 5.32 Å². The van der Waals surface area contributed by atoms with Gasteiger partial charge in [-0.1, -0.05) is 13.8 Å². The van der Waals surface area contributed by atoms with Crippen LogP contribution in [0.4, 0.5) is 0 Å². The minimum absolute atomic E-state index is 0.933. The van der Waals surface area contributed by atoms with Gasteiger partial charge in [-0.05, 0) is 49.9 Å². The first kappa shape index (κ1) is 14.6. The van der Waals surface area contributed by atoms with Crippen molar-refractivity contribution in [3.63, 3.8) is 0 Å². The van der Waals surface area contributed by atoms with Gasteiger partial charge in [0.15, 0.2) is 0 Å². The Bertz CT molecular complexity index is 351. The Balaban J connectivity index is 1.58. The van der Waals surface area contributed by atoms with E-state index in [4.69, 9.17) is 0 Å². The maximum Gasteiger partial charge on any atom is 0.0221 e. The summed E-state index contributed by atoms with van der Waals surface area (Å²) < 4.78 is 2.28. The topological polar surface area (TPSA) is 20.2 Å². The summed E-state index contributed by atoms with van der Waals surface area (Å²) in [5.74, 6) is 0.933. The SMILES string of the molecule is CCCn1ccc(CNCCN2CCC(C)CC2)c1. The Morgan fingerprint density at radius 1 is 1.26 bits per heavy atom. The van der Waals surface area contributed by atoms with Gasteiger partial charge in [-0.3, -0.25) is 0 Å². The monoisotopic (exact) mass is 263 g/mol. The quantitative estimate of drug-likeness (QED) is 0.763. The Kier molecular flexibility index (Phi) is 5.93. The normalized spacial score (nSPS) is 18.0. The first-order valence-corrected chi connectivity index (χ1v) is 7.85. The predicted molar refractivity (Wildman–Crippen MR) is 81.3 cm³/mol. The number of nitrogens with one attached hydrogen (secondary N) is 1. The summed E-state index contributed by atoms with van der Waals surface area (Å²) in [4.78, 5) is 2.59. The van der Waals surface area contributed by atoms with Gasteiger partial charge in [0.25, 0.3) is 0 Å². The largest absolute Gasteiger partial charge is 0.354 e. The highest BCUT2D eigenvalue weighted by atomic mass is 15.1. The number of aromatic nitrogens is 1. The molecule has 108 valence electrons. The molecule has 1 aromatic rings. The van der Waals surface area contributed by atoms with Gasteiger partial charge in [-0.25, -0.2) is 0 Å². The fourth-order valence-electron chi connectivity index (χ4n) is 2.75. The van der Waals surface area contributed by atoms with E-state index in [1.807, 2.05) is 0 Å². The van der Waals surface area contributed by atoms with Crippen LogP contribution in [0.2, 0.25) is 0 Å². The first-order valence-electron chi connectivity index (χ1n) is 7.85. The summed E-state index contributed by atoms with van der Waals surface area (Å²) in [6, 6.07) is 2.23. The molecule has 0 aliphatic carbocycles. The number of hydrogen-bond acceptors (Lipinski definition) is 2. The number of piperidine rings is 1. The lowest BCUT2D eigenvalue weighted by molar-refractivity contribution is 0.193. The maximum atomic E-state index is 3.56. The van der Waals surface area contributed by atoms with E-state index in [2.05, 4.69) is 47.1 Å². The van der Waals surface area contributed by atoms with Crippen LogP contribution in [-0.4, -0.2) is 35.6 Å². The molecule has 3 heteroatoms. The summed E-state index contributed by atoms with van der Waals surface area (Å²) in [7, 11) is 0. The van der Waals surface area contributed by atoms with Crippen LogP contribution >= 0.6 is 0 Å². The van der Waals surface area contributed by atoms with Crippen molar-refractivity contribution in [1.82, 2.24) is 14.8 Å². The van der Waals surface area contributed by atoms with Gasteiger partial charge < -0.3 is 14.8 Å². The van der Waals surface area contributed by atoms with E-state index in [1.54, 1.807) is 0 Å². The number of rotatable bonds is 7. The van der Waals surface area contributed by atoms with Crippen molar-refractivity contribution in [2.75, 3.05) is 26.2 Å². The predicted octanol–water partition coefficient (Wildman–Crippen LogP) is 2.72. The summed E-state index contributed by atoms with van der Waals surface area (Å²) >= 11 is 0. The standard InChI is InChI=1S/C16H29N3/c1-3-8-19-11-6-16(14-19)13-17-7-12-18-9-4-15(2)5-10-18/h6,11,14-15,17H,3-5,7-10,12-13H2,1-2H3. The highest BCUT2D eigenvalue weighted by Crippen LogP contribution is 2.15. The van der Waals surface area contributed by atoms with Crippen LogP contribution in [0, 0.1) is 5.92 Å². The summed E-state index contributed by atoms with van der Waals surface area (Å²) in [6.45, 7) is 11.6. The molecule has 2 heterocycles. The van der Waals surface area contributed by atoms with E-state index in [-0.39, 0.29) is 0 Å². The summed E-state index contributed by atoms with van der Waals surface area (Å²) in [6.07, 6.45) is 8.40. The number of hydrogen-bond donors (Lipinski definition) is 1. The molecule has 1 fully saturated rings. The Morgan fingerprint density at radius 3 is 2.79 bits per heavy atom. The van der Waals surface area contributed by atoms with Gasteiger partial charge in [-0.2, -0.15) is 0 Å². The van der Waals surface area contributed by atoms with Gasteiger partial charge in [-0.15, -0.1) is 0 Å². The van der Waals surface area contributed by atoms with Gasteiger partial charge in [0, 0.05) is 38.6 Å². The summed E-state index contributed by atoms with van der Waals surface area (Å²) in [5.41, 5.74) is 1.40. The van der Waals surface area contributed by atoms with E-state index < -0.39 is 0 Å². The molecule has 0 bridgehead atoms. The molecule has 0 unspecified atom stereocenters. The second-order valence-electron chi connectivity index (χ2n) is 5.96. The fourth-order valence-corrected chi connectivity index (χ4v) is 2.75. The van der Waals surface area contributed by atoms with Crippen molar-refractivity contribution in [2.24, 2.45) is 5.92 Å². The second-order valence-corrected chi connectivity index (χ2v) is 5.96. The van der Waals surface area contributed by atoms with Crippen molar-refractivity contribution in [3.05, 3.63) is 24.0 Å². The molecule has 0 amide bonds. The van der Waals surface area contributed by atoms with Crippen molar-refractivity contribution in [2.45, 2.75) is 46.2 Å². The molecule has 0 spiro atoms. The van der Waals surface area contributed by atoms with Crippen LogP contribution in [0.25, 0.3) is 0 Å². The zero-order valence-electron chi connectivity index (χ0n) is 12.6. The molecule has 0 radical (unpaired) electrons. The average molecular weight is 263 g/mol. The molecule has 3 nitrogen and oxygen atoms in total. The van der Waals surface area contributed by atoms with Gasteiger partial charge in [0.05, 0.1) is 0 Å². The molecular formula is C16H29N3. The fraction of sp³-hybridized carbons (Fsp3) is 0.750. The molecule has 0 atom stereocenters. The maximum absolute atomic E-state index is 3.56. The van der Waals surface area contributed by atoms with Crippen LogP contribution in [-0.2, 0) is 13.1 Å². The van der Waals surface area contributed by atoms with Crippen LogP contribution in [0.15, 0.2) is 18.5 Å². The molecule has 1 aliphatic rings. The van der Waals surface area contributed by atoms with Gasteiger partial charge in [0.2, 0.25) is 0 Å². The minimum atomic E-state index is 0.933. The third-order valence-electron chi connectivity index (χ3n) is 4.10. The zero-order chi connectivity index (χ0) is 13.5. The number of aryl methyl sites for hydroxylation is 1. The lowest BCUT2D eigenvalue weighted by Crippen LogP contribution is -2.37. The molecule has 0 saturated carbocycles. The lowest BCUT2D eigenvalue weighted by Gasteiger charge is -2.30.